The number of carbonyl (C=O) groups excluding carboxylic acids is 3. The Hall–Kier alpha value is -3.68. The molecule has 0 spiro atoms. The number of benzene rings is 2. The van der Waals surface area contributed by atoms with Crippen LogP contribution >= 0.6 is 0 Å². The van der Waals surface area contributed by atoms with Gasteiger partial charge in [-0.3, -0.25) is 14.4 Å². The second-order valence-electron chi connectivity index (χ2n) is 5.68. The Balaban J connectivity index is 1.79. The van der Waals surface area contributed by atoms with E-state index < -0.39 is 11.8 Å². The number of hydrogen-bond acceptors (Lipinski definition) is 5. The molecule has 2 rings (SSSR count). The summed E-state index contributed by atoms with van der Waals surface area (Å²) in [4.78, 5) is 34.6. The Labute approximate surface area is 163 Å². The fourth-order valence-corrected chi connectivity index (χ4v) is 2.14. The highest BCUT2D eigenvalue weighted by molar-refractivity contribution is 6.35. The molecule has 0 aliphatic heterocycles. The third kappa shape index (κ3) is 7.28. The van der Waals surface area contributed by atoms with Crippen LogP contribution in [0.25, 0.3) is 0 Å². The Morgan fingerprint density at radius 3 is 2.54 bits per heavy atom. The van der Waals surface area contributed by atoms with Gasteiger partial charge in [-0.25, -0.2) is 5.43 Å². The van der Waals surface area contributed by atoms with E-state index in [1.165, 1.54) is 6.21 Å². The maximum absolute atomic E-state index is 11.9. The van der Waals surface area contributed by atoms with Crippen molar-refractivity contribution < 1.29 is 19.1 Å². The minimum atomic E-state index is -0.847. The molecule has 8 nitrogen and oxygen atoms in total. The molecule has 0 bridgehead atoms. The Morgan fingerprint density at radius 2 is 1.79 bits per heavy atom. The number of hydrazone groups is 1. The van der Waals surface area contributed by atoms with Gasteiger partial charge >= 0.3 is 11.8 Å². The van der Waals surface area contributed by atoms with Crippen molar-refractivity contribution in [2.75, 3.05) is 13.2 Å². The van der Waals surface area contributed by atoms with Crippen LogP contribution in [0.2, 0.25) is 0 Å². The molecule has 0 heterocycles. The molecular weight excluding hydrogens is 360 g/mol. The van der Waals surface area contributed by atoms with Gasteiger partial charge in [-0.2, -0.15) is 5.10 Å². The quantitative estimate of drug-likeness (QED) is 0.359. The molecule has 0 atom stereocenters. The molecule has 0 aliphatic rings. The number of nitrogens with zero attached hydrogens (tertiary/aromatic N) is 1. The zero-order valence-electron chi connectivity index (χ0n) is 15.5. The van der Waals surface area contributed by atoms with Crippen molar-refractivity contribution in [2.24, 2.45) is 5.10 Å². The van der Waals surface area contributed by atoms with Gasteiger partial charge in [0.05, 0.1) is 6.21 Å². The first-order valence-electron chi connectivity index (χ1n) is 8.73. The lowest BCUT2D eigenvalue weighted by atomic mass is 10.2. The van der Waals surface area contributed by atoms with Crippen molar-refractivity contribution in [2.45, 2.75) is 13.5 Å². The number of rotatable bonds is 8. The Bertz CT molecular complexity index is 837. The van der Waals surface area contributed by atoms with Crippen molar-refractivity contribution in [3.05, 3.63) is 65.7 Å². The summed E-state index contributed by atoms with van der Waals surface area (Å²) in [6.45, 7) is 2.37. The fraction of sp³-hybridized carbons (Fsp3) is 0.200. The van der Waals surface area contributed by atoms with Crippen LogP contribution in [0.4, 0.5) is 0 Å². The third-order valence-electron chi connectivity index (χ3n) is 3.48. The van der Waals surface area contributed by atoms with Crippen LogP contribution in [0.5, 0.6) is 5.75 Å². The first-order chi connectivity index (χ1) is 13.6. The van der Waals surface area contributed by atoms with E-state index in [2.05, 4.69) is 21.2 Å². The second kappa shape index (κ2) is 11.1. The van der Waals surface area contributed by atoms with E-state index in [1.54, 1.807) is 31.2 Å². The van der Waals surface area contributed by atoms with Crippen LogP contribution in [0, 0.1) is 0 Å². The molecule has 0 radical (unpaired) electrons. The molecule has 0 aromatic heterocycles. The van der Waals surface area contributed by atoms with E-state index in [9.17, 15) is 14.4 Å². The summed E-state index contributed by atoms with van der Waals surface area (Å²) in [7, 11) is 0. The second-order valence-corrected chi connectivity index (χ2v) is 5.68. The van der Waals surface area contributed by atoms with Crippen molar-refractivity contribution in [3.8, 4) is 5.75 Å². The number of ether oxygens (including phenoxy) is 1. The Kier molecular flexibility index (Phi) is 8.19. The summed E-state index contributed by atoms with van der Waals surface area (Å²) < 4.78 is 5.47. The normalized spacial score (nSPS) is 10.3. The van der Waals surface area contributed by atoms with E-state index >= 15 is 0 Å². The van der Waals surface area contributed by atoms with Gasteiger partial charge in [0.25, 0.3) is 5.91 Å². The number of likely N-dealkylation sites (N-methyl/N-ethyl adjacent to an activating group) is 1. The summed E-state index contributed by atoms with van der Waals surface area (Å²) in [5, 5.41) is 8.87. The lowest BCUT2D eigenvalue weighted by molar-refractivity contribution is -0.139. The molecule has 146 valence electrons. The maximum Gasteiger partial charge on any atom is 0.329 e. The minimum absolute atomic E-state index is 0.124. The van der Waals surface area contributed by atoms with Gasteiger partial charge < -0.3 is 15.4 Å². The van der Waals surface area contributed by atoms with Gasteiger partial charge in [0.2, 0.25) is 0 Å². The molecule has 0 saturated heterocycles. The minimum Gasteiger partial charge on any atom is -0.484 e. The Morgan fingerprint density at radius 1 is 1.00 bits per heavy atom. The predicted octanol–water partition coefficient (Wildman–Crippen LogP) is 0.968. The maximum atomic E-state index is 11.9. The van der Waals surface area contributed by atoms with Crippen LogP contribution in [0.15, 0.2) is 59.7 Å². The van der Waals surface area contributed by atoms with Crippen LogP contribution in [0.3, 0.4) is 0 Å². The lowest BCUT2D eigenvalue weighted by Crippen LogP contribution is -2.37. The largest absolute Gasteiger partial charge is 0.484 e. The highest BCUT2D eigenvalue weighted by atomic mass is 16.5. The van der Waals surface area contributed by atoms with Crippen LogP contribution in [-0.4, -0.2) is 37.1 Å². The molecule has 3 N–H and O–H groups in total. The number of carbonyl (C=O) groups is 3. The molecule has 3 amide bonds. The van der Waals surface area contributed by atoms with Crippen LogP contribution < -0.4 is 20.8 Å². The van der Waals surface area contributed by atoms with E-state index in [0.29, 0.717) is 24.4 Å². The lowest BCUT2D eigenvalue weighted by Gasteiger charge is -2.08. The van der Waals surface area contributed by atoms with Crippen LogP contribution in [-0.2, 0) is 20.9 Å². The van der Waals surface area contributed by atoms with Gasteiger partial charge in [-0.15, -0.1) is 0 Å². The highest BCUT2D eigenvalue weighted by Crippen LogP contribution is 2.11. The molecule has 0 aliphatic carbocycles. The first-order valence-corrected chi connectivity index (χ1v) is 8.73. The molecule has 2 aromatic rings. The monoisotopic (exact) mass is 382 g/mol. The topological polar surface area (TPSA) is 109 Å². The van der Waals surface area contributed by atoms with E-state index in [1.807, 2.05) is 30.3 Å². The van der Waals surface area contributed by atoms with E-state index in [0.717, 1.165) is 5.56 Å². The summed E-state index contributed by atoms with van der Waals surface area (Å²) >= 11 is 0. The molecule has 0 unspecified atom stereocenters. The summed E-state index contributed by atoms with van der Waals surface area (Å²) in [5.74, 6) is -1.36. The van der Waals surface area contributed by atoms with Crippen LogP contribution in [0.1, 0.15) is 18.1 Å². The summed E-state index contributed by atoms with van der Waals surface area (Å²) in [6.07, 6.45) is 1.37. The predicted molar refractivity (Wildman–Crippen MR) is 105 cm³/mol. The number of amides is 3. The van der Waals surface area contributed by atoms with Crippen molar-refractivity contribution in [3.63, 3.8) is 0 Å². The fourth-order valence-electron chi connectivity index (χ4n) is 2.14. The van der Waals surface area contributed by atoms with Gasteiger partial charge in [0, 0.05) is 13.1 Å². The van der Waals surface area contributed by atoms with Crippen molar-refractivity contribution in [1.82, 2.24) is 16.1 Å². The van der Waals surface area contributed by atoms with E-state index in [4.69, 9.17) is 4.74 Å². The zero-order valence-corrected chi connectivity index (χ0v) is 15.5. The zero-order chi connectivity index (χ0) is 20.2. The molecule has 0 saturated carbocycles. The average molecular weight is 382 g/mol. The summed E-state index contributed by atoms with van der Waals surface area (Å²) in [5.41, 5.74) is 3.77. The van der Waals surface area contributed by atoms with Gasteiger partial charge in [0.15, 0.2) is 6.61 Å². The number of nitrogens with one attached hydrogen (secondary N) is 3. The standard InChI is InChI=1S/C20H22N4O4/c1-2-21-19(26)20(27)24-23-13-16-9-6-10-17(11-16)28-14-18(25)22-12-15-7-4-3-5-8-15/h3-11,13H,2,12,14H2,1H3,(H,21,26)(H,22,25)(H,24,27)/b23-13-. The highest BCUT2D eigenvalue weighted by Gasteiger charge is 2.10. The third-order valence-corrected chi connectivity index (χ3v) is 3.48. The van der Waals surface area contributed by atoms with Gasteiger partial charge in [-0.05, 0) is 30.2 Å². The van der Waals surface area contributed by atoms with E-state index in [-0.39, 0.29) is 12.5 Å². The van der Waals surface area contributed by atoms with Gasteiger partial charge in [0.1, 0.15) is 5.75 Å². The molecule has 8 heteroatoms. The van der Waals surface area contributed by atoms with Gasteiger partial charge in [-0.1, -0.05) is 42.5 Å². The molecule has 0 fully saturated rings. The molecular formula is C20H22N4O4. The van der Waals surface area contributed by atoms with Crippen molar-refractivity contribution >= 4 is 23.9 Å². The average Bonchev–Trinajstić information content (AvgIpc) is 2.72. The smallest absolute Gasteiger partial charge is 0.329 e. The summed E-state index contributed by atoms with van der Waals surface area (Å²) in [6, 6.07) is 16.4. The SMILES string of the molecule is CCNC(=O)C(=O)N/N=C\c1cccc(OCC(=O)NCc2ccccc2)c1. The molecule has 28 heavy (non-hydrogen) atoms. The first kappa shape index (κ1) is 20.6. The van der Waals surface area contributed by atoms with Crippen molar-refractivity contribution in [1.29, 1.82) is 0 Å². The number of hydrogen-bond donors (Lipinski definition) is 3. The molecule has 2 aromatic carbocycles.